The highest BCUT2D eigenvalue weighted by Crippen LogP contribution is 2.45. The number of nitrogens with zero attached hydrogens (tertiary/aromatic N) is 3. The molecule has 1 aromatic carbocycles. The van der Waals surface area contributed by atoms with Gasteiger partial charge in [-0.05, 0) is 49.6 Å². The second-order valence-electron chi connectivity index (χ2n) is 7.37. The van der Waals surface area contributed by atoms with Gasteiger partial charge in [0, 0.05) is 0 Å². The summed E-state index contributed by atoms with van der Waals surface area (Å²) in [7, 11) is 0. The number of rotatable bonds is 4. The summed E-state index contributed by atoms with van der Waals surface area (Å²) in [6.45, 7) is 9.68. The van der Waals surface area contributed by atoms with Gasteiger partial charge in [-0.1, -0.05) is 38.1 Å². The van der Waals surface area contributed by atoms with Gasteiger partial charge in [0.25, 0.3) is 0 Å². The summed E-state index contributed by atoms with van der Waals surface area (Å²) in [4.78, 5) is 19.6. The number of nitrogens with two attached hydrogens (primary N) is 1. The van der Waals surface area contributed by atoms with E-state index in [1.807, 2.05) is 26.0 Å². The van der Waals surface area contributed by atoms with E-state index in [0.29, 0.717) is 33.1 Å². The molecular formula is C21H24N4O2S. The molecule has 2 aliphatic rings. The summed E-state index contributed by atoms with van der Waals surface area (Å²) in [5.41, 5.74) is 9.39. The molecule has 0 spiro atoms. The van der Waals surface area contributed by atoms with Crippen LogP contribution in [0, 0.1) is 11.3 Å². The topological polar surface area (TPSA) is 91.7 Å². The Bertz CT molecular complexity index is 936. The largest absolute Gasteiger partial charge is 0.459 e. The van der Waals surface area contributed by atoms with Gasteiger partial charge < -0.3 is 10.5 Å². The third kappa shape index (κ3) is 3.52. The maximum atomic E-state index is 12.9. The smallest absolute Gasteiger partial charge is 0.338 e. The van der Waals surface area contributed by atoms with Crippen LogP contribution in [-0.4, -0.2) is 22.1 Å². The van der Waals surface area contributed by atoms with Crippen LogP contribution in [0.5, 0.6) is 0 Å². The molecule has 0 aliphatic carbocycles. The monoisotopic (exact) mass is 396 g/mol. The fourth-order valence-electron chi connectivity index (χ4n) is 3.26. The van der Waals surface area contributed by atoms with Crippen molar-refractivity contribution in [2.24, 2.45) is 10.7 Å². The number of carbonyl (C=O) groups is 1. The molecule has 146 valence electrons. The first-order valence-electron chi connectivity index (χ1n) is 9.21. The van der Waals surface area contributed by atoms with Gasteiger partial charge in [0.1, 0.15) is 16.8 Å². The molecule has 0 saturated carbocycles. The molecule has 28 heavy (non-hydrogen) atoms. The van der Waals surface area contributed by atoms with E-state index in [4.69, 9.17) is 10.5 Å². The average molecular weight is 397 g/mol. The van der Waals surface area contributed by atoms with E-state index in [9.17, 15) is 10.1 Å². The highest BCUT2D eigenvalue weighted by molar-refractivity contribution is 8.17. The van der Waals surface area contributed by atoms with Gasteiger partial charge in [-0.15, -0.1) is 0 Å². The summed E-state index contributed by atoms with van der Waals surface area (Å²) in [5.74, 6) is 0.292. The standard InChI is InChI=1S/C21H24N4O2S/c1-11(2)14-6-8-15(9-7-14)18-17(20(26)27-12(3)4)13(5)24-21-25(18)19(23)16(10-22)28-21/h6-9,11-12,18H,23H2,1-5H3/t18-/m1/s1. The van der Waals surface area contributed by atoms with E-state index in [-0.39, 0.29) is 6.10 Å². The van der Waals surface area contributed by atoms with Crippen molar-refractivity contribution in [2.45, 2.75) is 52.7 Å². The minimum atomic E-state index is -0.488. The molecule has 2 N–H and O–H groups in total. The molecule has 0 bridgehead atoms. The number of esters is 1. The first kappa shape index (κ1) is 20.0. The van der Waals surface area contributed by atoms with Crippen LogP contribution in [0.4, 0.5) is 0 Å². The molecule has 1 aromatic rings. The molecule has 7 heteroatoms. The van der Waals surface area contributed by atoms with Crippen LogP contribution >= 0.6 is 11.8 Å². The van der Waals surface area contributed by atoms with Gasteiger partial charge in [0.15, 0.2) is 5.17 Å². The summed E-state index contributed by atoms with van der Waals surface area (Å²) >= 11 is 1.22. The quantitative estimate of drug-likeness (QED) is 0.769. The number of amidine groups is 1. The highest BCUT2D eigenvalue weighted by Gasteiger charge is 2.42. The molecule has 0 aromatic heterocycles. The van der Waals surface area contributed by atoms with Crippen molar-refractivity contribution in [1.82, 2.24) is 4.90 Å². The molecule has 0 radical (unpaired) electrons. The number of benzene rings is 1. The van der Waals surface area contributed by atoms with E-state index in [2.05, 4.69) is 37.0 Å². The highest BCUT2D eigenvalue weighted by atomic mass is 32.2. The molecule has 0 amide bonds. The number of ether oxygens (including phenoxy) is 1. The molecule has 2 aliphatic heterocycles. The number of hydrogen-bond acceptors (Lipinski definition) is 7. The fraction of sp³-hybridized carbons (Fsp3) is 0.381. The van der Waals surface area contributed by atoms with Gasteiger partial charge >= 0.3 is 5.97 Å². The lowest BCUT2D eigenvalue weighted by molar-refractivity contribution is -0.143. The first-order chi connectivity index (χ1) is 13.2. The number of nitriles is 1. The second kappa shape index (κ2) is 7.72. The van der Waals surface area contributed by atoms with Crippen LogP contribution in [0.1, 0.15) is 57.7 Å². The Hall–Kier alpha value is -2.72. The molecular weight excluding hydrogens is 372 g/mol. The molecule has 1 atom stereocenters. The van der Waals surface area contributed by atoms with Crippen LogP contribution in [0.25, 0.3) is 0 Å². The SMILES string of the molecule is CC1=C(C(=O)OC(C)C)[C@@H](c2ccc(C(C)C)cc2)N2C(=N1)SC(C#N)=C2N. The predicted molar refractivity (Wildman–Crippen MR) is 111 cm³/mol. The number of thioether (sulfide) groups is 1. The minimum Gasteiger partial charge on any atom is -0.459 e. The van der Waals surface area contributed by atoms with Crippen molar-refractivity contribution in [3.05, 3.63) is 57.4 Å². The maximum Gasteiger partial charge on any atom is 0.338 e. The van der Waals surface area contributed by atoms with Gasteiger partial charge in [-0.2, -0.15) is 5.26 Å². The van der Waals surface area contributed by atoms with E-state index in [1.54, 1.807) is 11.8 Å². The lowest BCUT2D eigenvalue weighted by atomic mass is 9.92. The van der Waals surface area contributed by atoms with Crippen molar-refractivity contribution < 1.29 is 9.53 Å². The molecule has 0 unspecified atom stereocenters. The van der Waals surface area contributed by atoms with Gasteiger partial charge in [0.2, 0.25) is 0 Å². The maximum absolute atomic E-state index is 12.9. The van der Waals surface area contributed by atoms with Crippen molar-refractivity contribution in [2.75, 3.05) is 0 Å². The Balaban J connectivity index is 2.14. The van der Waals surface area contributed by atoms with E-state index >= 15 is 0 Å². The third-order valence-corrected chi connectivity index (χ3v) is 5.63. The van der Waals surface area contributed by atoms with Crippen LogP contribution in [-0.2, 0) is 9.53 Å². The summed E-state index contributed by atoms with van der Waals surface area (Å²) in [6, 6.07) is 9.74. The predicted octanol–water partition coefficient (Wildman–Crippen LogP) is 4.15. The van der Waals surface area contributed by atoms with Crippen LogP contribution in [0.15, 0.2) is 51.3 Å². The second-order valence-corrected chi connectivity index (χ2v) is 8.35. The van der Waals surface area contributed by atoms with Crippen molar-refractivity contribution in [3.8, 4) is 6.07 Å². The Kier molecular flexibility index (Phi) is 5.52. The van der Waals surface area contributed by atoms with E-state index < -0.39 is 12.0 Å². The van der Waals surface area contributed by atoms with Crippen LogP contribution in [0.3, 0.4) is 0 Å². The molecule has 0 fully saturated rings. The van der Waals surface area contributed by atoms with Gasteiger partial charge in [0.05, 0.1) is 23.4 Å². The van der Waals surface area contributed by atoms with E-state index in [1.165, 1.54) is 17.3 Å². The van der Waals surface area contributed by atoms with Crippen molar-refractivity contribution in [3.63, 3.8) is 0 Å². The first-order valence-corrected chi connectivity index (χ1v) is 10.0. The molecule has 3 rings (SSSR count). The Morgan fingerprint density at radius 1 is 1.29 bits per heavy atom. The molecule has 2 heterocycles. The van der Waals surface area contributed by atoms with Crippen molar-refractivity contribution >= 4 is 22.9 Å². The fourth-order valence-corrected chi connectivity index (χ4v) is 4.17. The van der Waals surface area contributed by atoms with Crippen LogP contribution in [0.2, 0.25) is 0 Å². The molecule has 6 nitrogen and oxygen atoms in total. The number of aliphatic imine (C=N–C) groups is 1. The number of hydrogen-bond donors (Lipinski definition) is 1. The zero-order valence-electron chi connectivity index (χ0n) is 16.7. The normalized spacial score (nSPS) is 19.1. The minimum absolute atomic E-state index is 0.252. The zero-order chi connectivity index (χ0) is 20.6. The van der Waals surface area contributed by atoms with E-state index in [0.717, 1.165) is 5.56 Å². The lowest BCUT2D eigenvalue weighted by Gasteiger charge is -2.35. The van der Waals surface area contributed by atoms with Crippen LogP contribution < -0.4 is 5.73 Å². The number of allylic oxidation sites excluding steroid dienone is 2. The zero-order valence-corrected chi connectivity index (χ0v) is 17.5. The Morgan fingerprint density at radius 2 is 1.93 bits per heavy atom. The number of fused-ring (bicyclic) bond motifs is 1. The summed E-state index contributed by atoms with van der Waals surface area (Å²) in [6.07, 6.45) is -0.252. The number of carbonyl (C=O) groups excluding carboxylic acids is 1. The van der Waals surface area contributed by atoms with Crippen molar-refractivity contribution in [1.29, 1.82) is 5.26 Å². The Morgan fingerprint density at radius 3 is 2.46 bits per heavy atom. The summed E-state index contributed by atoms with van der Waals surface area (Å²) in [5, 5.41) is 10.0. The lowest BCUT2D eigenvalue weighted by Crippen LogP contribution is -2.39. The third-order valence-electron chi connectivity index (χ3n) is 4.66. The summed E-state index contributed by atoms with van der Waals surface area (Å²) < 4.78 is 5.49. The average Bonchev–Trinajstić information content (AvgIpc) is 2.95. The van der Waals surface area contributed by atoms with Gasteiger partial charge in [-0.25, -0.2) is 9.79 Å². The molecule has 0 saturated heterocycles. The van der Waals surface area contributed by atoms with Gasteiger partial charge in [-0.3, -0.25) is 4.90 Å². The Labute approximate surface area is 169 Å².